The first-order valence-electron chi connectivity index (χ1n) is 8.53. The molecule has 0 unspecified atom stereocenters. The number of carbonyl (C=O) groups excluding carboxylic acids is 1. The third-order valence-electron chi connectivity index (χ3n) is 4.76. The number of thioether (sulfide) groups is 1. The fourth-order valence-electron chi connectivity index (χ4n) is 3.48. The topological polar surface area (TPSA) is 87.2 Å². The van der Waals surface area contributed by atoms with Crippen LogP contribution in [0.3, 0.4) is 0 Å². The zero-order valence-corrected chi connectivity index (χ0v) is 17.0. The number of nitrogens with one attached hydrogen (secondary N) is 1. The Balaban J connectivity index is 1.90. The van der Waals surface area contributed by atoms with Gasteiger partial charge in [0.25, 0.3) is 0 Å². The molecule has 1 aliphatic heterocycles. The quantitative estimate of drug-likeness (QED) is 0.576. The molecule has 3 aromatic rings. The van der Waals surface area contributed by atoms with Crippen LogP contribution in [0.4, 0.5) is 4.39 Å². The molecule has 2 aromatic carbocycles. The van der Waals surface area contributed by atoms with Crippen molar-refractivity contribution in [2.75, 3.05) is 0 Å². The number of ketones is 1. The Hall–Kier alpha value is -2.42. The summed E-state index contributed by atoms with van der Waals surface area (Å²) < 4.78 is 13.3. The van der Waals surface area contributed by atoms with Crippen LogP contribution in [0.2, 0.25) is 5.02 Å². The smallest absolute Gasteiger partial charge is 0.317 e. The van der Waals surface area contributed by atoms with E-state index in [1.54, 1.807) is 24.3 Å². The molecule has 2 heterocycles. The molecule has 4 rings (SSSR count). The van der Waals surface area contributed by atoms with Gasteiger partial charge in [-0.05, 0) is 42.0 Å². The molecule has 0 fully saturated rings. The predicted octanol–water partition coefficient (Wildman–Crippen LogP) is 4.42. The number of aromatic nitrogens is 1. The lowest BCUT2D eigenvalue weighted by molar-refractivity contribution is -0.137. The Labute approximate surface area is 177 Å². The summed E-state index contributed by atoms with van der Waals surface area (Å²) >= 11 is 7.91. The predicted molar refractivity (Wildman–Crippen MR) is 110 cm³/mol. The molecule has 148 valence electrons. The first-order valence-corrected chi connectivity index (χ1v) is 10.6. The fourth-order valence-corrected chi connectivity index (χ4v) is 6.03. The van der Waals surface area contributed by atoms with Crippen molar-refractivity contribution in [1.29, 1.82) is 0 Å². The largest absolute Gasteiger partial charge is 0.480 e. The summed E-state index contributed by atoms with van der Waals surface area (Å²) in [6.07, 6.45) is 0. The van der Waals surface area contributed by atoms with Gasteiger partial charge in [0.2, 0.25) is 0 Å². The number of aliphatic carboxylic acids is 1. The van der Waals surface area contributed by atoms with Gasteiger partial charge >= 0.3 is 10.8 Å². The second-order valence-electron chi connectivity index (χ2n) is 6.51. The van der Waals surface area contributed by atoms with E-state index in [1.807, 2.05) is 0 Å². The summed E-state index contributed by atoms with van der Waals surface area (Å²) in [5, 5.41) is 9.68. The maximum absolute atomic E-state index is 13.4. The van der Waals surface area contributed by atoms with Gasteiger partial charge in [0, 0.05) is 21.4 Å². The maximum atomic E-state index is 13.4. The van der Waals surface area contributed by atoms with E-state index < -0.39 is 34.7 Å². The average molecular weight is 450 g/mol. The number of thiazole rings is 1. The van der Waals surface area contributed by atoms with Gasteiger partial charge in [-0.2, -0.15) is 0 Å². The van der Waals surface area contributed by atoms with Crippen LogP contribution >= 0.6 is 34.7 Å². The van der Waals surface area contributed by atoms with Crippen LogP contribution in [0, 0.1) is 11.7 Å². The highest BCUT2D eigenvalue weighted by atomic mass is 35.5. The van der Waals surface area contributed by atoms with Gasteiger partial charge in [0.1, 0.15) is 11.1 Å². The highest BCUT2D eigenvalue weighted by Gasteiger charge is 2.47. The molecule has 2 N–H and O–H groups in total. The summed E-state index contributed by atoms with van der Waals surface area (Å²) in [6.45, 7) is 0. The third-order valence-corrected chi connectivity index (χ3v) is 7.41. The van der Waals surface area contributed by atoms with E-state index in [4.69, 9.17) is 11.6 Å². The molecule has 9 heteroatoms. The first kappa shape index (κ1) is 19.9. The van der Waals surface area contributed by atoms with Gasteiger partial charge in [0.15, 0.2) is 5.78 Å². The van der Waals surface area contributed by atoms with Crippen molar-refractivity contribution in [3.05, 3.63) is 85.0 Å². The van der Waals surface area contributed by atoms with Crippen LogP contribution < -0.4 is 4.87 Å². The number of benzene rings is 2. The summed E-state index contributed by atoms with van der Waals surface area (Å²) in [6, 6.07) is 11.8. The third kappa shape index (κ3) is 3.75. The van der Waals surface area contributed by atoms with E-state index in [9.17, 15) is 23.9 Å². The minimum atomic E-state index is -1.16. The number of aromatic amines is 1. The molecule has 3 atom stereocenters. The number of hydrogen-bond donors (Lipinski definition) is 2. The van der Waals surface area contributed by atoms with Gasteiger partial charge < -0.3 is 10.1 Å². The Morgan fingerprint density at radius 2 is 1.72 bits per heavy atom. The molecule has 0 aliphatic carbocycles. The van der Waals surface area contributed by atoms with Gasteiger partial charge in [-0.15, -0.1) is 0 Å². The van der Waals surface area contributed by atoms with Gasteiger partial charge in [0.05, 0.1) is 10.9 Å². The monoisotopic (exact) mass is 449 g/mol. The summed E-state index contributed by atoms with van der Waals surface area (Å²) in [5.74, 6) is -3.70. The fraction of sp³-hybridized carbons (Fsp3) is 0.150. The number of fused-ring (bicyclic) bond motifs is 1. The lowest BCUT2D eigenvalue weighted by atomic mass is 9.78. The maximum Gasteiger partial charge on any atom is 0.317 e. The Kier molecular flexibility index (Phi) is 5.33. The Morgan fingerprint density at radius 1 is 1.07 bits per heavy atom. The zero-order valence-electron chi connectivity index (χ0n) is 14.6. The van der Waals surface area contributed by atoms with E-state index >= 15 is 0 Å². The first-order chi connectivity index (χ1) is 13.8. The van der Waals surface area contributed by atoms with Crippen LogP contribution in [0.1, 0.15) is 26.7 Å². The number of carboxylic acids is 1. The van der Waals surface area contributed by atoms with Crippen molar-refractivity contribution in [2.24, 2.45) is 5.92 Å². The standard InChI is InChI=1S/C20H13ClFNO4S2/c21-11-5-1-9(2-6-11)13-14(15(24)10-3-7-12(22)8-4-10)17(19(25)26)28-18-16(13)29-20(27)23-18/h1-8,13-14,17H,(H,23,27)(H,25,26)/t13-,14-,17+/m1/s1. The number of halogens is 2. The van der Waals surface area contributed by atoms with Crippen molar-refractivity contribution < 1.29 is 19.1 Å². The Morgan fingerprint density at radius 3 is 2.34 bits per heavy atom. The lowest BCUT2D eigenvalue weighted by Crippen LogP contribution is -2.39. The number of carboxylic acid groups (broad SMARTS) is 1. The van der Waals surface area contributed by atoms with E-state index in [-0.39, 0.29) is 10.4 Å². The second kappa shape index (κ2) is 7.78. The van der Waals surface area contributed by atoms with Crippen LogP contribution in [0.25, 0.3) is 0 Å². The molecule has 5 nitrogen and oxygen atoms in total. The number of Topliss-reactive ketones (excluding diaryl/α,β-unsaturated/α-hetero) is 1. The van der Waals surface area contributed by atoms with Crippen molar-refractivity contribution in [1.82, 2.24) is 4.98 Å². The summed E-state index contributed by atoms with van der Waals surface area (Å²) in [7, 11) is 0. The molecular weight excluding hydrogens is 437 g/mol. The van der Waals surface area contributed by atoms with Crippen molar-refractivity contribution in [2.45, 2.75) is 16.2 Å². The SMILES string of the molecule is O=C(c1ccc(F)cc1)[C@H]1[C@@H](c2ccc(Cl)cc2)c2sc(=O)[nH]c2S[C@@H]1C(=O)O. The molecule has 0 radical (unpaired) electrons. The van der Waals surface area contributed by atoms with Gasteiger partial charge in [-0.3, -0.25) is 14.4 Å². The minimum absolute atomic E-state index is 0.216. The number of hydrogen-bond acceptors (Lipinski definition) is 5. The number of carbonyl (C=O) groups is 2. The molecule has 0 amide bonds. The number of H-pyrrole nitrogens is 1. The molecule has 1 aliphatic rings. The normalized spacial score (nSPS) is 20.8. The second-order valence-corrected chi connectivity index (χ2v) is 9.11. The van der Waals surface area contributed by atoms with Gasteiger partial charge in [-0.1, -0.05) is 46.8 Å². The molecule has 0 spiro atoms. The van der Waals surface area contributed by atoms with E-state index in [2.05, 4.69) is 4.98 Å². The minimum Gasteiger partial charge on any atom is -0.480 e. The van der Waals surface area contributed by atoms with Crippen molar-refractivity contribution >= 4 is 46.5 Å². The molecule has 0 bridgehead atoms. The van der Waals surface area contributed by atoms with Crippen LogP contribution in [0.15, 0.2) is 58.4 Å². The summed E-state index contributed by atoms with van der Waals surface area (Å²) in [4.78, 5) is 40.4. The van der Waals surface area contributed by atoms with Crippen molar-refractivity contribution in [3.8, 4) is 0 Å². The average Bonchev–Trinajstić information content (AvgIpc) is 3.07. The summed E-state index contributed by atoms with van der Waals surface area (Å²) in [5.41, 5.74) is 0.895. The Bertz CT molecular complexity index is 1140. The highest BCUT2D eigenvalue weighted by Crippen LogP contribution is 2.50. The van der Waals surface area contributed by atoms with Gasteiger partial charge in [-0.25, -0.2) is 4.39 Å². The van der Waals surface area contributed by atoms with Crippen LogP contribution in [-0.2, 0) is 4.79 Å². The van der Waals surface area contributed by atoms with E-state index in [1.165, 1.54) is 12.1 Å². The highest BCUT2D eigenvalue weighted by molar-refractivity contribution is 8.00. The van der Waals surface area contributed by atoms with Crippen LogP contribution in [0.5, 0.6) is 0 Å². The molecule has 0 saturated carbocycles. The molecule has 29 heavy (non-hydrogen) atoms. The molecule has 0 saturated heterocycles. The molecular formula is C20H13ClFNO4S2. The molecule has 1 aromatic heterocycles. The van der Waals surface area contributed by atoms with E-state index in [0.717, 1.165) is 35.2 Å². The van der Waals surface area contributed by atoms with E-state index in [0.29, 0.717) is 20.5 Å². The van der Waals surface area contributed by atoms with Crippen LogP contribution in [-0.4, -0.2) is 27.1 Å². The lowest BCUT2D eigenvalue weighted by Gasteiger charge is -2.34. The zero-order chi connectivity index (χ0) is 20.7. The van der Waals surface area contributed by atoms with Crippen molar-refractivity contribution in [3.63, 3.8) is 0 Å². The number of rotatable bonds is 4.